The average molecular weight is 420 g/mol. The van der Waals surface area contributed by atoms with E-state index in [1.807, 2.05) is 32.9 Å². The summed E-state index contributed by atoms with van der Waals surface area (Å²) in [6, 6.07) is 6.80. The Kier molecular flexibility index (Phi) is 7.14. The summed E-state index contributed by atoms with van der Waals surface area (Å²) >= 11 is 0. The molecule has 2 saturated heterocycles. The molecular formula is C21H33N5O4. The Hall–Kier alpha value is -2.39. The van der Waals surface area contributed by atoms with Crippen LogP contribution in [0.4, 0.5) is 16.2 Å². The van der Waals surface area contributed by atoms with Crippen molar-refractivity contribution in [1.82, 2.24) is 14.7 Å². The van der Waals surface area contributed by atoms with Crippen LogP contribution in [0.15, 0.2) is 24.3 Å². The van der Waals surface area contributed by atoms with Gasteiger partial charge in [-0.1, -0.05) is 0 Å². The molecule has 2 aliphatic rings. The molecule has 2 heterocycles. The second kappa shape index (κ2) is 9.61. The van der Waals surface area contributed by atoms with Gasteiger partial charge >= 0.3 is 6.09 Å². The number of amides is 1. The number of piperazine rings is 2. The first-order valence-corrected chi connectivity index (χ1v) is 10.6. The molecule has 2 fully saturated rings. The van der Waals surface area contributed by atoms with Gasteiger partial charge in [-0.2, -0.15) is 0 Å². The highest BCUT2D eigenvalue weighted by atomic mass is 16.6. The number of non-ortho nitro benzene ring substituents is 1. The lowest BCUT2D eigenvalue weighted by atomic mass is 10.2. The number of hydrogen-bond acceptors (Lipinski definition) is 7. The Morgan fingerprint density at radius 2 is 1.43 bits per heavy atom. The molecule has 30 heavy (non-hydrogen) atoms. The van der Waals surface area contributed by atoms with Crippen LogP contribution in [-0.2, 0) is 4.74 Å². The number of carbonyl (C=O) groups excluding carboxylic acids is 1. The maximum Gasteiger partial charge on any atom is 0.410 e. The Morgan fingerprint density at radius 1 is 0.933 bits per heavy atom. The lowest BCUT2D eigenvalue weighted by Crippen LogP contribution is -2.53. The number of hydrogen-bond donors (Lipinski definition) is 0. The highest BCUT2D eigenvalue weighted by Gasteiger charge is 2.26. The van der Waals surface area contributed by atoms with Crippen LogP contribution in [0.1, 0.15) is 20.8 Å². The largest absolute Gasteiger partial charge is 0.444 e. The van der Waals surface area contributed by atoms with Gasteiger partial charge in [-0.15, -0.1) is 0 Å². The van der Waals surface area contributed by atoms with Crippen molar-refractivity contribution in [2.45, 2.75) is 26.4 Å². The smallest absolute Gasteiger partial charge is 0.410 e. The minimum absolute atomic E-state index is 0.129. The summed E-state index contributed by atoms with van der Waals surface area (Å²) in [6.45, 7) is 14.7. The summed E-state index contributed by atoms with van der Waals surface area (Å²) in [5.74, 6) is 0. The number of benzene rings is 1. The van der Waals surface area contributed by atoms with E-state index in [1.54, 1.807) is 17.0 Å². The first-order chi connectivity index (χ1) is 14.2. The number of nitrogens with zero attached hydrogens (tertiary/aromatic N) is 5. The third-order valence-electron chi connectivity index (χ3n) is 5.55. The van der Waals surface area contributed by atoms with E-state index in [1.165, 1.54) is 0 Å². The molecule has 3 rings (SSSR count). The highest BCUT2D eigenvalue weighted by molar-refractivity contribution is 5.68. The third-order valence-corrected chi connectivity index (χ3v) is 5.55. The van der Waals surface area contributed by atoms with Gasteiger partial charge in [0.2, 0.25) is 0 Å². The quantitative estimate of drug-likeness (QED) is 0.535. The standard InChI is InChI=1S/C21H33N5O4/c1-21(2,3)30-20(27)25-16-12-23(13-17-25)9-8-22-10-14-24(15-11-22)18-4-6-19(7-5-18)26(28)29/h4-7H,8-17H2,1-3H3. The minimum atomic E-state index is -0.454. The maximum atomic E-state index is 12.2. The van der Waals surface area contributed by atoms with E-state index < -0.39 is 5.60 Å². The molecule has 0 N–H and O–H groups in total. The van der Waals surface area contributed by atoms with Crippen LogP contribution in [-0.4, -0.2) is 96.8 Å². The van der Waals surface area contributed by atoms with Crippen molar-refractivity contribution in [2.75, 3.05) is 70.3 Å². The number of carbonyl (C=O) groups is 1. The van der Waals surface area contributed by atoms with E-state index in [-0.39, 0.29) is 16.7 Å². The van der Waals surface area contributed by atoms with Crippen LogP contribution < -0.4 is 4.90 Å². The van der Waals surface area contributed by atoms with Gasteiger partial charge in [0.05, 0.1) is 4.92 Å². The predicted octanol–water partition coefficient (Wildman–Crippen LogP) is 2.27. The topological polar surface area (TPSA) is 82.4 Å². The van der Waals surface area contributed by atoms with Gasteiger partial charge in [0.1, 0.15) is 5.60 Å². The maximum absolute atomic E-state index is 12.2. The second-order valence-electron chi connectivity index (χ2n) is 8.91. The average Bonchev–Trinajstić information content (AvgIpc) is 2.72. The highest BCUT2D eigenvalue weighted by Crippen LogP contribution is 2.20. The Bertz CT molecular complexity index is 718. The van der Waals surface area contributed by atoms with Crippen molar-refractivity contribution < 1.29 is 14.5 Å². The van der Waals surface area contributed by atoms with Gasteiger partial charge in [-0.25, -0.2) is 4.79 Å². The summed E-state index contributed by atoms with van der Waals surface area (Å²) in [6.07, 6.45) is -0.218. The van der Waals surface area contributed by atoms with Crippen molar-refractivity contribution in [3.63, 3.8) is 0 Å². The van der Waals surface area contributed by atoms with Gasteiger partial charge in [0.15, 0.2) is 0 Å². The first-order valence-electron chi connectivity index (χ1n) is 10.6. The molecular weight excluding hydrogens is 386 g/mol. The molecule has 1 aromatic rings. The van der Waals surface area contributed by atoms with E-state index in [9.17, 15) is 14.9 Å². The fourth-order valence-electron chi connectivity index (χ4n) is 3.78. The predicted molar refractivity (Wildman–Crippen MR) is 116 cm³/mol. The van der Waals surface area contributed by atoms with Crippen LogP contribution in [0, 0.1) is 10.1 Å². The van der Waals surface area contributed by atoms with Gasteiger partial charge in [-0.3, -0.25) is 19.9 Å². The van der Waals surface area contributed by atoms with E-state index in [0.717, 1.165) is 58.0 Å². The van der Waals surface area contributed by atoms with Crippen LogP contribution >= 0.6 is 0 Å². The van der Waals surface area contributed by atoms with E-state index in [2.05, 4.69) is 14.7 Å². The molecule has 0 spiro atoms. The van der Waals surface area contributed by atoms with Crippen LogP contribution in [0.2, 0.25) is 0 Å². The molecule has 0 atom stereocenters. The monoisotopic (exact) mass is 419 g/mol. The zero-order valence-electron chi connectivity index (χ0n) is 18.2. The summed E-state index contributed by atoms with van der Waals surface area (Å²) < 4.78 is 5.45. The van der Waals surface area contributed by atoms with E-state index in [4.69, 9.17) is 4.74 Å². The normalized spacial score (nSPS) is 19.0. The molecule has 0 bridgehead atoms. The third kappa shape index (κ3) is 6.30. The van der Waals surface area contributed by atoms with Gasteiger partial charge in [-0.05, 0) is 32.9 Å². The molecule has 0 saturated carbocycles. The Balaban J connectivity index is 1.35. The van der Waals surface area contributed by atoms with Crippen LogP contribution in [0.3, 0.4) is 0 Å². The van der Waals surface area contributed by atoms with Crippen molar-refractivity contribution in [1.29, 1.82) is 0 Å². The summed E-state index contributed by atoms with van der Waals surface area (Å²) in [5, 5.41) is 10.8. The van der Waals surface area contributed by atoms with E-state index >= 15 is 0 Å². The van der Waals surface area contributed by atoms with Crippen molar-refractivity contribution in [3.8, 4) is 0 Å². The number of ether oxygens (including phenoxy) is 1. The Morgan fingerprint density at radius 3 is 1.90 bits per heavy atom. The first kappa shape index (κ1) is 22.3. The molecule has 166 valence electrons. The molecule has 1 aromatic carbocycles. The fraction of sp³-hybridized carbons (Fsp3) is 0.667. The molecule has 0 aromatic heterocycles. The van der Waals surface area contributed by atoms with Gasteiger partial charge in [0, 0.05) is 83.3 Å². The van der Waals surface area contributed by atoms with Crippen LogP contribution in [0.25, 0.3) is 0 Å². The summed E-state index contributed by atoms with van der Waals surface area (Å²) in [7, 11) is 0. The molecule has 0 radical (unpaired) electrons. The van der Waals surface area contributed by atoms with Crippen molar-refractivity contribution in [3.05, 3.63) is 34.4 Å². The number of rotatable bonds is 5. The lowest BCUT2D eigenvalue weighted by Gasteiger charge is -2.39. The molecule has 1 amide bonds. The molecule has 0 aliphatic carbocycles. The van der Waals surface area contributed by atoms with Crippen LogP contribution in [0.5, 0.6) is 0 Å². The zero-order chi connectivity index (χ0) is 21.7. The fourth-order valence-corrected chi connectivity index (χ4v) is 3.78. The van der Waals surface area contributed by atoms with Crippen molar-refractivity contribution in [2.24, 2.45) is 0 Å². The molecule has 9 nitrogen and oxygen atoms in total. The number of nitro benzene ring substituents is 1. The molecule has 9 heteroatoms. The zero-order valence-corrected chi connectivity index (χ0v) is 18.2. The van der Waals surface area contributed by atoms with Gasteiger partial charge < -0.3 is 14.5 Å². The number of anilines is 1. The van der Waals surface area contributed by atoms with Crippen molar-refractivity contribution >= 4 is 17.5 Å². The lowest BCUT2D eigenvalue weighted by molar-refractivity contribution is -0.384. The molecule has 0 unspecified atom stereocenters. The SMILES string of the molecule is CC(C)(C)OC(=O)N1CCN(CCN2CCN(c3ccc([N+](=O)[O-])cc3)CC2)CC1. The summed E-state index contributed by atoms with van der Waals surface area (Å²) in [5.41, 5.74) is 0.716. The van der Waals surface area contributed by atoms with Gasteiger partial charge in [0.25, 0.3) is 5.69 Å². The second-order valence-corrected chi connectivity index (χ2v) is 8.91. The Labute approximate surface area is 178 Å². The van der Waals surface area contributed by atoms with E-state index in [0.29, 0.717) is 13.1 Å². The molecule has 2 aliphatic heterocycles. The number of nitro groups is 1. The summed E-state index contributed by atoms with van der Waals surface area (Å²) in [4.78, 5) is 31.5. The minimum Gasteiger partial charge on any atom is -0.444 e.